The topological polar surface area (TPSA) is 20.2 Å². The Morgan fingerprint density at radius 1 is 1.12 bits per heavy atom. The van der Waals surface area contributed by atoms with Crippen molar-refractivity contribution in [3.63, 3.8) is 0 Å². The van der Waals surface area contributed by atoms with Gasteiger partial charge in [0.05, 0.1) is 6.10 Å². The van der Waals surface area contributed by atoms with Crippen molar-refractivity contribution in [1.82, 2.24) is 0 Å². The van der Waals surface area contributed by atoms with Gasteiger partial charge in [-0.05, 0) is 51.9 Å². The van der Waals surface area contributed by atoms with E-state index in [-0.39, 0.29) is 0 Å². The smallest absolute Gasteiger partial charge is 0.0840 e. The number of aliphatic hydroxyl groups excluding tert-OH is 1. The lowest BCUT2D eigenvalue weighted by atomic mass is 10.0. The highest BCUT2D eigenvalue weighted by molar-refractivity contribution is 14.1. The van der Waals surface area contributed by atoms with Crippen LogP contribution in [-0.4, -0.2) is 5.11 Å². The molecule has 0 aromatic heterocycles. The SMILES string of the molecule is OC(Cc1ccccc1)c1cc(Br)ccc1I. The predicted octanol–water partition coefficient (Wildman–Crippen LogP) is 4.33. The molecule has 0 saturated carbocycles. The third-order valence-electron chi connectivity index (χ3n) is 2.59. The van der Waals surface area contributed by atoms with Gasteiger partial charge in [0, 0.05) is 14.5 Å². The molecule has 88 valence electrons. The minimum atomic E-state index is -0.457. The summed E-state index contributed by atoms with van der Waals surface area (Å²) in [7, 11) is 0. The Morgan fingerprint density at radius 2 is 1.82 bits per heavy atom. The Balaban J connectivity index is 2.20. The average Bonchev–Trinajstić information content (AvgIpc) is 2.33. The fourth-order valence-corrected chi connectivity index (χ4v) is 2.79. The summed E-state index contributed by atoms with van der Waals surface area (Å²) in [4.78, 5) is 0. The second-order valence-electron chi connectivity index (χ2n) is 3.87. The first-order chi connectivity index (χ1) is 8.16. The summed E-state index contributed by atoms with van der Waals surface area (Å²) >= 11 is 5.69. The Bertz CT molecular complexity index is 499. The van der Waals surface area contributed by atoms with Crippen LogP contribution in [0.2, 0.25) is 0 Å². The Hall–Kier alpha value is -0.390. The molecule has 1 N–H and O–H groups in total. The molecule has 1 atom stereocenters. The van der Waals surface area contributed by atoms with Gasteiger partial charge in [-0.1, -0.05) is 46.3 Å². The number of hydrogen-bond donors (Lipinski definition) is 1. The number of rotatable bonds is 3. The van der Waals surface area contributed by atoms with Gasteiger partial charge in [0.1, 0.15) is 0 Å². The normalized spacial score (nSPS) is 12.4. The van der Waals surface area contributed by atoms with E-state index in [9.17, 15) is 5.11 Å². The average molecular weight is 403 g/mol. The van der Waals surface area contributed by atoms with Gasteiger partial charge in [0.2, 0.25) is 0 Å². The van der Waals surface area contributed by atoms with Gasteiger partial charge in [-0.25, -0.2) is 0 Å². The molecule has 0 fully saturated rings. The summed E-state index contributed by atoms with van der Waals surface area (Å²) < 4.78 is 2.09. The minimum absolute atomic E-state index is 0.457. The zero-order chi connectivity index (χ0) is 12.3. The minimum Gasteiger partial charge on any atom is -0.388 e. The van der Waals surface area contributed by atoms with Crippen LogP contribution in [0.3, 0.4) is 0 Å². The second-order valence-corrected chi connectivity index (χ2v) is 5.95. The summed E-state index contributed by atoms with van der Waals surface area (Å²) in [6, 6.07) is 16.0. The van der Waals surface area contributed by atoms with Gasteiger partial charge in [-0.15, -0.1) is 0 Å². The van der Waals surface area contributed by atoms with E-state index in [4.69, 9.17) is 0 Å². The van der Waals surface area contributed by atoms with E-state index in [0.29, 0.717) is 6.42 Å². The molecule has 2 rings (SSSR count). The van der Waals surface area contributed by atoms with Gasteiger partial charge in [-0.2, -0.15) is 0 Å². The van der Waals surface area contributed by atoms with Gasteiger partial charge in [0.25, 0.3) is 0 Å². The molecular weight excluding hydrogens is 391 g/mol. The fourth-order valence-electron chi connectivity index (χ4n) is 1.72. The lowest BCUT2D eigenvalue weighted by Gasteiger charge is -2.13. The molecule has 0 saturated heterocycles. The van der Waals surface area contributed by atoms with Gasteiger partial charge in [-0.3, -0.25) is 0 Å². The molecule has 0 spiro atoms. The van der Waals surface area contributed by atoms with E-state index in [1.807, 2.05) is 48.5 Å². The van der Waals surface area contributed by atoms with Crippen molar-refractivity contribution < 1.29 is 5.11 Å². The van der Waals surface area contributed by atoms with E-state index in [1.165, 1.54) is 0 Å². The van der Waals surface area contributed by atoms with Crippen molar-refractivity contribution in [3.05, 3.63) is 67.7 Å². The predicted molar refractivity (Wildman–Crippen MR) is 82.0 cm³/mol. The quantitative estimate of drug-likeness (QED) is 0.757. The van der Waals surface area contributed by atoms with Gasteiger partial charge >= 0.3 is 0 Å². The molecule has 1 unspecified atom stereocenters. The Labute approximate surface area is 123 Å². The maximum atomic E-state index is 10.3. The van der Waals surface area contributed by atoms with Crippen LogP contribution in [0.5, 0.6) is 0 Å². The maximum Gasteiger partial charge on any atom is 0.0840 e. The van der Waals surface area contributed by atoms with E-state index in [1.54, 1.807) is 0 Å². The van der Waals surface area contributed by atoms with Crippen molar-refractivity contribution >= 4 is 38.5 Å². The summed E-state index contributed by atoms with van der Waals surface area (Å²) in [6.45, 7) is 0. The third kappa shape index (κ3) is 3.53. The van der Waals surface area contributed by atoms with Crippen LogP contribution < -0.4 is 0 Å². The summed E-state index contributed by atoms with van der Waals surface area (Å²) in [6.07, 6.45) is 0.189. The highest BCUT2D eigenvalue weighted by atomic mass is 127. The monoisotopic (exact) mass is 402 g/mol. The van der Waals surface area contributed by atoms with Crippen LogP contribution in [-0.2, 0) is 6.42 Å². The molecule has 2 aromatic rings. The van der Waals surface area contributed by atoms with Crippen LogP contribution >= 0.6 is 38.5 Å². The molecule has 17 heavy (non-hydrogen) atoms. The van der Waals surface area contributed by atoms with Gasteiger partial charge < -0.3 is 5.11 Å². The molecule has 0 aliphatic rings. The molecule has 0 heterocycles. The van der Waals surface area contributed by atoms with Crippen molar-refractivity contribution in [2.75, 3.05) is 0 Å². The zero-order valence-corrected chi connectivity index (χ0v) is 12.8. The number of aliphatic hydroxyl groups is 1. The van der Waals surface area contributed by atoms with Crippen LogP contribution in [0.15, 0.2) is 53.0 Å². The second kappa shape index (κ2) is 5.98. The van der Waals surface area contributed by atoms with Crippen molar-refractivity contribution in [2.45, 2.75) is 12.5 Å². The maximum absolute atomic E-state index is 10.3. The van der Waals surface area contributed by atoms with Gasteiger partial charge in [0.15, 0.2) is 0 Å². The van der Waals surface area contributed by atoms with Crippen LogP contribution in [0.1, 0.15) is 17.2 Å². The molecule has 2 aromatic carbocycles. The van der Waals surface area contributed by atoms with E-state index < -0.39 is 6.10 Å². The van der Waals surface area contributed by atoms with E-state index in [2.05, 4.69) is 38.5 Å². The Morgan fingerprint density at radius 3 is 2.53 bits per heavy atom. The van der Waals surface area contributed by atoms with Crippen molar-refractivity contribution in [1.29, 1.82) is 0 Å². The lowest BCUT2D eigenvalue weighted by molar-refractivity contribution is 0.177. The molecule has 0 aliphatic heterocycles. The first-order valence-corrected chi connectivity index (χ1v) is 7.21. The van der Waals surface area contributed by atoms with E-state index >= 15 is 0 Å². The summed E-state index contributed by atoms with van der Waals surface area (Å²) in [5.74, 6) is 0. The van der Waals surface area contributed by atoms with Crippen molar-refractivity contribution in [2.24, 2.45) is 0 Å². The zero-order valence-electron chi connectivity index (χ0n) is 9.11. The van der Waals surface area contributed by atoms with Crippen LogP contribution in [0.25, 0.3) is 0 Å². The first-order valence-electron chi connectivity index (χ1n) is 5.34. The molecule has 1 nitrogen and oxygen atoms in total. The molecule has 0 amide bonds. The number of hydrogen-bond acceptors (Lipinski definition) is 1. The highest BCUT2D eigenvalue weighted by Gasteiger charge is 2.12. The van der Waals surface area contributed by atoms with Crippen LogP contribution in [0.4, 0.5) is 0 Å². The largest absolute Gasteiger partial charge is 0.388 e. The standard InChI is InChI=1S/C14H12BrIO/c15-11-6-7-13(16)12(9-11)14(17)8-10-4-2-1-3-5-10/h1-7,9,14,17H,8H2. The lowest BCUT2D eigenvalue weighted by Crippen LogP contribution is -2.03. The highest BCUT2D eigenvalue weighted by Crippen LogP contribution is 2.26. The summed E-state index contributed by atoms with van der Waals surface area (Å²) in [5.41, 5.74) is 2.12. The molecule has 0 radical (unpaired) electrons. The van der Waals surface area contributed by atoms with Crippen molar-refractivity contribution in [3.8, 4) is 0 Å². The number of halogens is 2. The fraction of sp³-hybridized carbons (Fsp3) is 0.143. The summed E-state index contributed by atoms with van der Waals surface area (Å²) in [5, 5.41) is 10.3. The molecular formula is C14H12BrIO. The first kappa shape index (κ1) is 13.1. The molecule has 0 aliphatic carbocycles. The molecule has 3 heteroatoms. The van der Waals surface area contributed by atoms with Crippen LogP contribution in [0, 0.1) is 3.57 Å². The van der Waals surface area contributed by atoms with E-state index in [0.717, 1.165) is 19.2 Å². The Kier molecular flexibility index (Phi) is 4.59. The number of benzene rings is 2. The third-order valence-corrected chi connectivity index (χ3v) is 4.06. The molecule has 0 bridgehead atoms.